The van der Waals surface area contributed by atoms with Crippen LogP contribution in [0.2, 0.25) is 0 Å². The van der Waals surface area contributed by atoms with Crippen LogP contribution in [0.25, 0.3) is 0 Å². The van der Waals surface area contributed by atoms with Crippen LogP contribution in [0.3, 0.4) is 0 Å². The first kappa shape index (κ1) is 22.9. The van der Waals surface area contributed by atoms with E-state index in [-0.39, 0.29) is 16.9 Å². The molecule has 0 unspecified atom stereocenters. The van der Waals surface area contributed by atoms with Gasteiger partial charge >= 0.3 is 6.18 Å². The number of nitrogens with one attached hydrogen (secondary N) is 1. The van der Waals surface area contributed by atoms with E-state index in [1.807, 2.05) is 0 Å². The number of primary amides is 1. The molecule has 3 rings (SSSR count). The Bertz CT molecular complexity index is 1150. The molecular weight excluding hydrogens is 453 g/mol. The summed E-state index contributed by atoms with van der Waals surface area (Å²) in [7, 11) is 1.01. The summed E-state index contributed by atoms with van der Waals surface area (Å²) in [6.07, 6.45) is -7.19. The van der Waals surface area contributed by atoms with Gasteiger partial charge in [0.25, 0.3) is 11.8 Å². The predicted octanol–water partition coefficient (Wildman–Crippen LogP) is 3.55. The third kappa shape index (κ3) is 4.22. The number of ether oxygens (including phenoxy) is 2. The molecule has 0 spiro atoms. The first-order valence-electron chi connectivity index (χ1n) is 10.1. The Kier molecular flexibility index (Phi) is 5.95. The maximum atomic E-state index is 14.4. The van der Waals surface area contributed by atoms with E-state index in [0.29, 0.717) is 6.07 Å². The molecule has 178 valence electrons. The number of hydrogen-bond donors (Lipinski definition) is 2. The van der Waals surface area contributed by atoms with Crippen LogP contribution >= 0.6 is 0 Å². The molecule has 0 radical (unpaired) electrons. The number of methoxy groups -OCH3 is 1. The number of nitrogens with two attached hydrogens (primary N) is 1. The van der Waals surface area contributed by atoms with Crippen molar-refractivity contribution >= 4 is 17.5 Å². The summed E-state index contributed by atoms with van der Waals surface area (Å²) in [6.45, 7) is 1.93. The number of pyridine rings is 1. The fraction of sp³-hybridized carbons (Fsp3) is 0.381. The molecule has 7 nitrogen and oxygen atoms in total. The largest absolute Gasteiger partial charge is 0.493 e. The van der Waals surface area contributed by atoms with Crippen LogP contribution in [0.1, 0.15) is 37.2 Å². The van der Waals surface area contributed by atoms with Crippen LogP contribution in [0, 0.1) is 17.6 Å². The van der Waals surface area contributed by atoms with Crippen LogP contribution in [0.15, 0.2) is 30.4 Å². The first-order chi connectivity index (χ1) is 15.7. The number of alkyl halides is 3. The summed E-state index contributed by atoms with van der Waals surface area (Å²) >= 11 is 0. The molecule has 1 aromatic carbocycles. The van der Waals surface area contributed by atoms with E-state index >= 15 is 0 Å². The van der Waals surface area contributed by atoms with Gasteiger partial charge in [-0.1, -0.05) is 13.0 Å². The van der Waals surface area contributed by atoms with Crippen LogP contribution in [-0.4, -0.2) is 41.8 Å². The van der Waals surface area contributed by atoms with Gasteiger partial charge in [-0.2, -0.15) is 17.6 Å². The van der Waals surface area contributed by atoms with Crippen molar-refractivity contribution in [1.82, 2.24) is 4.98 Å². The van der Waals surface area contributed by atoms with Gasteiger partial charge in [-0.05, 0) is 25.1 Å². The summed E-state index contributed by atoms with van der Waals surface area (Å²) in [5, 5.41) is 2.29. The topological polar surface area (TPSA) is 104 Å². The van der Waals surface area contributed by atoms with E-state index < -0.39 is 65.1 Å². The molecule has 2 heterocycles. The highest BCUT2D eigenvalue weighted by molar-refractivity contribution is 5.97. The molecule has 4 atom stereocenters. The van der Waals surface area contributed by atoms with Crippen LogP contribution in [-0.2, 0) is 9.53 Å². The standard InChI is InChI=1S/C21H20F5N3O4/c1-9-14(11-4-5-12(22)15(23)16(11)32-3)17(33-20(9,2)21(24,25)26)19(31)29-10-6-7-28-13(8-10)18(27)30/h4-9,14,17H,1-3H3,(H2,27,30)(H,28,29,31)/t9-,14-,17-,20-/m1/s1/i7D. The van der Waals surface area contributed by atoms with Gasteiger partial charge in [0, 0.05) is 29.3 Å². The molecule has 1 aliphatic rings. The molecule has 1 saturated heterocycles. The first-order valence-corrected chi connectivity index (χ1v) is 9.57. The quantitative estimate of drug-likeness (QED) is 0.646. The molecule has 0 bridgehead atoms. The second-order valence-corrected chi connectivity index (χ2v) is 7.67. The van der Waals surface area contributed by atoms with Gasteiger partial charge in [-0.3, -0.25) is 14.6 Å². The van der Waals surface area contributed by atoms with E-state index in [1.165, 1.54) is 6.92 Å². The molecule has 0 aliphatic carbocycles. The van der Waals surface area contributed by atoms with Crippen molar-refractivity contribution in [1.29, 1.82) is 0 Å². The number of hydrogen-bond acceptors (Lipinski definition) is 5. The molecule has 0 saturated carbocycles. The number of halogens is 5. The number of aromatic nitrogens is 1. The Labute approximate surface area is 186 Å². The van der Waals surface area contributed by atoms with Gasteiger partial charge < -0.3 is 20.5 Å². The Morgan fingerprint density at radius 1 is 1.30 bits per heavy atom. The van der Waals surface area contributed by atoms with E-state index in [9.17, 15) is 31.5 Å². The van der Waals surface area contributed by atoms with Gasteiger partial charge in [-0.25, -0.2) is 4.39 Å². The van der Waals surface area contributed by atoms with Crippen molar-refractivity contribution in [3.05, 3.63) is 53.3 Å². The third-order valence-electron chi connectivity index (χ3n) is 5.79. The molecule has 3 N–H and O–H groups in total. The molecule has 1 aromatic heterocycles. The smallest absolute Gasteiger partial charge is 0.417 e. The lowest BCUT2D eigenvalue weighted by molar-refractivity contribution is -0.272. The fourth-order valence-corrected chi connectivity index (χ4v) is 3.84. The SMILES string of the molecule is [2H]c1cc(NC(=O)[C@@H]2O[C@@](C)(C(F)(F)F)[C@H](C)[C@@H]2c2ccc(F)c(F)c2OC)cc(C(N)=O)n1. The maximum Gasteiger partial charge on any atom is 0.417 e. The number of carbonyl (C=O) groups is 2. The van der Waals surface area contributed by atoms with E-state index in [0.717, 1.165) is 32.2 Å². The molecule has 12 heteroatoms. The number of anilines is 1. The van der Waals surface area contributed by atoms with E-state index in [4.69, 9.17) is 16.6 Å². The number of benzene rings is 1. The lowest BCUT2D eigenvalue weighted by atomic mass is 9.77. The minimum Gasteiger partial charge on any atom is -0.493 e. The fourth-order valence-electron chi connectivity index (χ4n) is 3.84. The number of amides is 2. The molecular formula is C21H20F5N3O4. The Balaban J connectivity index is 2.09. The van der Waals surface area contributed by atoms with Gasteiger partial charge in [0.15, 0.2) is 17.2 Å². The number of rotatable bonds is 5. The molecule has 1 fully saturated rings. The zero-order valence-electron chi connectivity index (χ0n) is 18.6. The lowest BCUT2D eigenvalue weighted by Gasteiger charge is -2.32. The summed E-state index contributed by atoms with van der Waals surface area (Å²) in [5.41, 5.74) is 1.60. The molecule has 1 aliphatic heterocycles. The minimum atomic E-state index is -4.92. The van der Waals surface area contributed by atoms with Crippen molar-refractivity contribution in [2.24, 2.45) is 11.7 Å². The van der Waals surface area contributed by atoms with E-state index in [1.54, 1.807) is 0 Å². The van der Waals surface area contributed by atoms with Crippen LogP contribution in [0.5, 0.6) is 5.75 Å². The second-order valence-electron chi connectivity index (χ2n) is 7.67. The molecule has 2 aromatic rings. The molecule has 2 amide bonds. The van der Waals surface area contributed by atoms with Gasteiger partial charge in [0.05, 0.1) is 8.48 Å². The van der Waals surface area contributed by atoms with Gasteiger partial charge in [0.2, 0.25) is 5.82 Å². The van der Waals surface area contributed by atoms with Crippen LogP contribution < -0.4 is 15.8 Å². The summed E-state index contributed by atoms with van der Waals surface area (Å²) in [6, 6.07) is 3.82. The average molecular weight is 474 g/mol. The highest BCUT2D eigenvalue weighted by atomic mass is 19.4. The van der Waals surface area contributed by atoms with Crippen molar-refractivity contribution in [3.8, 4) is 5.75 Å². The van der Waals surface area contributed by atoms with Crippen molar-refractivity contribution in [2.45, 2.75) is 37.6 Å². The number of carbonyl (C=O) groups excluding carboxylic acids is 2. The Hall–Kier alpha value is -3.28. The average Bonchev–Trinajstić information content (AvgIpc) is 3.01. The van der Waals surface area contributed by atoms with E-state index in [2.05, 4.69) is 10.3 Å². The van der Waals surface area contributed by atoms with Crippen LogP contribution in [0.4, 0.5) is 27.6 Å². The van der Waals surface area contributed by atoms with Crippen molar-refractivity contribution < 1.29 is 42.4 Å². The zero-order chi connectivity index (χ0) is 25.6. The Morgan fingerprint density at radius 2 is 1.97 bits per heavy atom. The summed E-state index contributed by atoms with van der Waals surface area (Å²) < 4.78 is 87.8. The van der Waals surface area contributed by atoms with Gasteiger partial charge in [0.1, 0.15) is 11.8 Å². The normalized spacial score (nSPS) is 25.5. The summed E-state index contributed by atoms with van der Waals surface area (Å²) in [5.74, 6) is -8.30. The maximum absolute atomic E-state index is 14.4. The monoisotopic (exact) mass is 474 g/mol. The number of nitrogens with zero attached hydrogens (tertiary/aromatic N) is 1. The highest BCUT2D eigenvalue weighted by Crippen LogP contribution is 2.55. The van der Waals surface area contributed by atoms with Crippen molar-refractivity contribution in [3.63, 3.8) is 0 Å². The molecule has 33 heavy (non-hydrogen) atoms. The minimum absolute atomic E-state index is 0.147. The highest BCUT2D eigenvalue weighted by Gasteiger charge is 2.65. The summed E-state index contributed by atoms with van der Waals surface area (Å²) in [4.78, 5) is 28.1. The van der Waals surface area contributed by atoms with Gasteiger partial charge in [-0.15, -0.1) is 0 Å². The zero-order valence-corrected chi connectivity index (χ0v) is 17.6. The predicted molar refractivity (Wildman–Crippen MR) is 106 cm³/mol. The lowest BCUT2D eigenvalue weighted by Crippen LogP contribution is -2.47. The third-order valence-corrected chi connectivity index (χ3v) is 5.79. The Morgan fingerprint density at radius 3 is 2.55 bits per heavy atom. The second kappa shape index (κ2) is 8.58. The van der Waals surface area contributed by atoms with Crippen molar-refractivity contribution in [2.75, 3.05) is 12.4 Å².